The van der Waals surface area contributed by atoms with Gasteiger partial charge in [0, 0.05) is 0 Å². The van der Waals surface area contributed by atoms with Crippen molar-refractivity contribution >= 4 is 12.7 Å². The molecule has 0 aliphatic carbocycles. The number of rotatable bonds is 3. The van der Waals surface area contributed by atoms with E-state index in [1.165, 1.54) is 11.0 Å². The molecule has 0 bridgehead atoms. The second-order valence-electron chi connectivity index (χ2n) is 3.47. The predicted octanol–water partition coefficient (Wildman–Crippen LogP) is 1.95. The van der Waals surface area contributed by atoms with Gasteiger partial charge in [-0.2, -0.15) is 0 Å². The van der Waals surface area contributed by atoms with Crippen LogP contribution in [-0.2, 0) is 6.32 Å². The largest absolute Gasteiger partial charge is 0.162 e. The lowest BCUT2D eigenvalue weighted by Crippen LogP contribution is -2.15. The van der Waals surface area contributed by atoms with E-state index >= 15 is 0 Å². The molecule has 0 spiro atoms. The van der Waals surface area contributed by atoms with Crippen molar-refractivity contribution in [1.82, 2.24) is 0 Å². The molecule has 14 heavy (non-hydrogen) atoms. The van der Waals surface area contributed by atoms with Gasteiger partial charge >= 0.3 is 0 Å². The van der Waals surface area contributed by atoms with E-state index in [0.717, 1.165) is 13.6 Å². The van der Waals surface area contributed by atoms with Crippen LogP contribution in [0.5, 0.6) is 0 Å². The second kappa shape index (κ2) is 4.66. The average molecular weight is 180 g/mol. The van der Waals surface area contributed by atoms with E-state index in [1.807, 2.05) is 0 Å². The van der Waals surface area contributed by atoms with Crippen molar-refractivity contribution < 1.29 is 0 Å². The van der Waals surface area contributed by atoms with E-state index in [0.29, 0.717) is 0 Å². The highest BCUT2D eigenvalue weighted by atomic mass is 13.9. The Morgan fingerprint density at radius 2 is 1.29 bits per heavy atom. The maximum atomic E-state index is 2.18. The highest BCUT2D eigenvalue weighted by molar-refractivity contribution is 6.52. The van der Waals surface area contributed by atoms with Crippen LogP contribution in [0.15, 0.2) is 60.7 Å². The molecule has 0 saturated heterocycles. The highest BCUT2D eigenvalue weighted by Crippen LogP contribution is 1.98. The summed E-state index contributed by atoms with van der Waals surface area (Å²) in [5.41, 5.74) is 2.83. The summed E-state index contributed by atoms with van der Waals surface area (Å²) in [7, 11) is 1.13. The Hall–Kier alpha value is -1.50. The summed E-state index contributed by atoms with van der Waals surface area (Å²) < 4.78 is 0. The highest BCUT2D eigenvalue weighted by Gasteiger charge is 1.95. The van der Waals surface area contributed by atoms with Crippen LogP contribution >= 0.6 is 0 Å². The third kappa shape index (κ3) is 2.49. The van der Waals surface area contributed by atoms with E-state index in [2.05, 4.69) is 60.7 Å². The zero-order valence-corrected chi connectivity index (χ0v) is 8.19. The molecule has 0 aromatic heterocycles. The van der Waals surface area contributed by atoms with Gasteiger partial charge < -0.3 is 0 Å². The van der Waals surface area contributed by atoms with Gasteiger partial charge in [0.2, 0.25) is 0 Å². The topological polar surface area (TPSA) is 0 Å². The second-order valence-corrected chi connectivity index (χ2v) is 3.47. The Morgan fingerprint density at radius 3 is 1.93 bits per heavy atom. The Morgan fingerprint density at radius 1 is 0.714 bits per heavy atom. The quantitative estimate of drug-likeness (QED) is 0.633. The smallest absolute Gasteiger partial charge is 0.0842 e. The Kier molecular flexibility index (Phi) is 3.02. The Balaban J connectivity index is 1.96. The standard InChI is InChI=1S/C13H13B/c1-3-7-12(8-4-1)11-14-13-9-5-2-6-10-13/h1-10,14H,11H2. The van der Waals surface area contributed by atoms with Crippen molar-refractivity contribution in [2.45, 2.75) is 6.32 Å². The van der Waals surface area contributed by atoms with Crippen LogP contribution in [0, 0.1) is 0 Å². The monoisotopic (exact) mass is 180 g/mol. The molecule has 2 aromatic rings. The molecule has 2 aromatic carbocycles. The fraction of sp³-hybridized carbons (Fsp3) is 0.0769. The lowest BCUT2D eigenvalue weighted by molar-refractivity contribution is 1.39. The summed E-state index contributed by atoms with van der Waals surface area (Å²) in [6.07, 6.45) is 1.13. The molecule has 68 valence electrons. The minimum absolute atomic E-state index is 1.13. The summed E-state index contributed by atoms with van der Waals surface area (Å²) in [6, 6.07) is 21.2. The first kappa shape index (κ1) is 9.08. The molecule has 0 aliphatic rings. The van der Waals surface area contributed by atoms with Gasteiger partial charge in [-0.15, -0.1) is 0 Å². The summed E-state index contributed by atoms with van der Waals surface area (Å²) in [5, 5.41) is 0. The van der Waals surface area contributed by atoms with Crippen molar-refractivity contribution in [3.63, 3.8) is 0 Å². The minimum Gasteiger partial charge on any atom is -0.0842 e. The van der Waals surface area contributed by atoms with E-state index < -0.39 is 0 Å². The Bertz CT molecular complexity index is 327. The molecule has 0 fully saturated rings. The third-order valence-corrected chi connectivity index (χ3v) is 2.39. The van der Waals surface area contributed by atoms with Crippen molar-refractivity contribution in [2.75, 3.05) is 0 Å². The van der Waals surface area contributed by atoms with Crippen LogP contribution < -0.4 is 5.46 Å². The molecule has 2 rings (SSSR count). The molecule has 0 radical (unpaired) electrons. The van der Waals surface area contributed by atoms with Crippen LogP contribution in [0.25, 0.3) is 0 Å². The first-order chi connectivity index (χ1) is 6.95. The van der Waals surface area contributed by atoms with Gasteiger partial charge in [0.05, 0.1) is 0 Å². The van der Waals surface area contributed by atoms with Crippen molar-refractivity contribution in [2.24, 2.45) is 0 Å². The fourth-order valence-electron chi connectivity index (χ4n) is 1.58. The zero-order chi connectivity index (χ0) is 9.64. The molecule has 1 heteroatoms. The summed E-state index contributed by atoms with van der Waals surface area (Å²) in [6.45, 7) is 0. The molecule has 0 atom stereocenters. The number of hydrogen-bond acceptors (Lipinski definition) is 0. The lowest BCUT2D eigenvalue weighted by atomic mass is 9.65. The summed E-state index contributed by atoms with van der Waals surface area (Å²) >= 11 is 0. The zero-order valence-electron chi connectivity index (χ0n) is 8.19. The fourth-order valence-corrected chi connectivity index (χ4v) is 1.58. The van der Waals surface area contributed by atoms with Crippen LogP contribution in [0.4, 0.5) is 0 Å². The van der Waals surface area contributed by atoms with Gasteiger partial charge in [-0.1, -0.05) is 71.7 Å². The van der Waals surface area contributed by atoms with Gasteiger partial charge in [-0.05, 0) is 6.32 Å². The lowest BCUT2D eigenvalue weighted by Gasteiger charge is -1.99. The molecular formula is C13H13B. The third-order valence-electron chi connectivity index (χ3n) is 2.39. The maximum absolute atomic E-state index is 2.18. The SMILES string of the molecule is B(Cc1ccccc1)c1ccccc1. The molecule has 0 heterocycles. The molecular weight excluding hydrogens is 167 g/mol. The summed E-state index contributed by atoms with van der Waals surface area (Å²) in [4.78, 5) is 0. The molecule has 0 unspecified atom stereocenters. The first-order valence-electron chi connectivity index (χ1n) is 5.03. The molecule has 0 aliphatic heterocycles. The van der Waals surface area contributed by atoms with Crippen LogP contribution in [0.2, 0.25) is 0 Å². The van der Waals surface area contributed by atoms with Crippen LogP contribution in [-0.4, -0.2) is 7.28 Å². The Labute approximate surface area is 85.8 Å². The minimum atomic E-state index is 1.13. The molecule has 0 amide bonds. The normalized spacial score (nSPS) is 9.71. The average Bonchev–Trinajstić information content (AvgIpc) is 2.29. The molecule has 0 N–H and O–H groups in total. The van der Waals surface area contributed by atoms with Gasteiger partial charge in [0.15, 0.2) is 7.28 Å². The number of hydrogen-bond donors (Lipinski definition) is 0. The van der Waals surface area contributed by atoms with Crippen LogP contribution in [0.1, 0.15) is 5.56 Å². The molecule has 0 saturated carbocycles. The van der Waals surface area contributed by atoms with Gasteiger partial charge in [0.25, 0.3) is 0 Å². The van der Waals surface area contributed by atoms with Gasteiger partial charge in [0.1, 0.15) is 0 Å². The van der Waals surface area contributed by atoms with E-state index in [9.17, 15) is 0 Å². The van der Waals surface area contributed by atoms with Crippen LogP contribution in [0.3, 0.4) is 0 Å². The van der Waals surface area contributed by atoms with Crippen molar-refractivity contribution in [3.05, 3.63) is 66.2 Å². The number of benzene rings is 2. The van der Waals surface area contributed by atoms with Crippen molar-refractivity contribution in [3.8, 4) is 0 Å². The van der Waals surface area contributed by atoms with Gasteiger partial charge in [-0.25, -0.2) is 0 Å². The maximum Gasteiger partial charge on any atom is 0.162 e. The predicted molar refractivity (Wildman–Crippen MR) is 63.4 cm³/mol. The van der Waals surface area contributed by atoms with Gasteiger partial charge in [-0.3, -0.25) is 0 Å². The van der Waals surface area contributed by atoms with Crippen molar-refractivity contribution in [1.29, 1.82) is 0 Å². The van der Waals surface area contributed by atoms with E-state index in [1.54, 1.807) is 0 Å². The summed E-state index contributed by atoms with van der Waals surface area (Å²) in [5.74, 6) is 0. The van der Waals surface area contributed by atoms with E-state index in [4.69, 9.17) is 0 Å². The first-order valence-corrected chi connectivity index (χ1v) is 5.03. The molecule has 0 nitrogen and oxygen atoms in total. The van der Waals surface area contributed by atoms with E-state index in [-0.39, 0.29) is 0 Å².